The summed E-state index contributed by atoms with van der Waals surface area (Å²) in [5.74, 6) is 0.843. The Labute approximate surface area is 236 Å². The topological polar surface area (TPSA) is 65.1 Å². The van der Waals surface area contributed by atoms with Crippen molar-refractivity contribution in [2.24, 2.45) is 0 Å². The molecule has 3 aromatic carbocycles. The van der Waals surface area contributed by atoms with Gasteiger partial charge in [0.05, 0.1) is 18.6 Å². The maximum atomic E-state index is 13.3. The lowest BCUT2D eigenvalue weighted by molar-refractivity contribution is -0.123. The van der Waals surface area contributed by atoms with Gasteiger partial charge in [0, 0.05) is 5.02 Å². The predicted molar refractivity (Wildman–Crippen MR) is 152 cm³/mol. The van der Waals surface area contributed by atoms with Gasteiger partial charge in [-0.1, -0.05) is 56.6 Å². The molecular weight excluding hydrogens is 541 g/mol. The third-order valence-electron chi connectivity index (χ3n) is 6.03. The fraction of sp³-hybridized carbons (Fsp3) is 0.267. The molecule has 0 unspecified atom stereocenters. The predicted octanol–water partition coefficient (Wildman–Crippen LogP) is 7.48. The summed E-state index contributed by atoms with van der Waals surface area (Å²) in [5.41, 5.74) is 2.46. The SMILES string of the molecule is COc1cc(/C=C2\SC(=O)N(Cc3ccc(F)cc3Cl)C2=O)ccc1OCCOc1ccc(C(C)(C)C)cc1. The number of rotatable bonds is 9. The summed E-state index contributed by atoms with van der Waals surface area (Å²) in [7, 11) is 1.53. The van der Waals surface area contributed by atoms with Crippen molar-refractivity contribution in [2.45, 2.75) is 32.7 Å². The van der Waals surface area contributed by atoms with Crippen LogP contribution in [0.1, 0.15) is 37.5 Å². The maximum absolute atomic E-state index is 13.3. The maximum Gasteiger partial charge on any atom is 0.293 e. The number of imide groups is 1. The molecule has 1 aliphatic rings. The number of thioether (sulfide) groups is 1. The van der Waals surface area contributed by atoms with Crippen molar-refractivity contribution >= 4 is 40.6 Å². The second kappa shape index (κ2) is 12.1. The third-order valence-corrected chi connectivity index (χ3v) is 7.29. The number of halogens is 2. The molecule has 6 nitrogen and oxygen atoms in total. The van der Waals surface area contributed by atoms with Crippen molar-refractivity contribution in [1.29, 1.82) is 0 Å². The van der Waals surface area contributed by atoms with Crippen molar-refractivity contribution in [3.63, 3.8) is 0 Å². The van der Waals surface area contributed by atoms with E-state index in [2.05, 4.69) is 32.9 Å². The normalized spacial score (nSPS) is 14.7. The molecule has 39 heavy (non-hydrogen) atoms. The number of benzene rings is 3. The van der Waals surface area contributed by atoms with Gasteiger partial charge >= 0.3 is 0 Å². The van der Waals surface area contributed by atoms with Crippen LogP contribution in [0.15, 0.2) is 65.6 Å². The number of carbonyl (C=O) groups is 2. The average Bonchev–Trinajstić information content (AvgIpc) is 3.15. The highest BCUT2D eigenvalue weighted by atomic mass is 35.5. The first-order chi connectivity index (χ1) is 18.5. The van der Waals surface area contributed by atoms with Crippen molar-refractivity contribution in [3.05, 3.63) is 93.1 Å². The van der Waals surface area contributed by atoms with Crippen molar-refractivity contribution in [3.8, 4) is 17.2 Å². The first-order valence-corrected chi connectivity index (χ1v) is 13.5. The van der Waals surface area contributed by atoms with E-state index in [1.165, 1.54) is 24.8 Å². The minimum atomic E-state index is -0.488. The average molecular weight is 570 g/mol. The Hall–Kier alpha value is -3.49. The summed E-state index contributed by atoms with van der Waals surface area (Å²) in [6.07, 6.45) is 1.62. The molecule has 3 aromatic rings. The van der Waals surface area contributed by atoms with E-state index in [-0.39, 0.29) is 21.9 Å². The van der Waals surface area contributed by atoms with Crippen LogP contribution in [0.3, 0.4) is 0 Å². The smallest absolute Gasteiger partial charge is 0.293 e. The molecule has 0 spiro atoms. The molecule has 1 saturated heterocycles. The molecule has 0 atom stereocenters. The Bertz CT molecular complexity index is 1400. The van der Waals surface area contributed by atoms with E-state index >= 15 is 0 Å². The highest BCUT2D eigenvalue weighted by molar-refractivity contribution is 8.18. The van der Waals surface area contributed by atoms with Crippen LogP contribution < -0.4 is 14.2 Å². The fourth-order valence-electron chi connectivity index (χ4n) is 3.86. The van der Waals surface area contributed by atoms with Gasteiger partial charge in [0.25, 0.3) is 11.1 Å². The molecule has 4 rings (SSSR count). The van der Waals surface area contributed by atoms with E-state index in [1.807, 2.05) is 12.1 Å². The van der Waals surface area contributed by atoms with Crippen LogP contribution in [-0.2, 0) is 16.8 Å². The minimum absolute atomic E-state index is 0.0416. The van der Waals surface area contributed by atoms with Crippen LogP contribution in [0.5, 0.6) is 17.2 Å². The molecule has 0 N–H and O–H groups in total. The Morgan fingerprint density at radius 3 is 2.33 bits per heavy atom. The third kappa shape index (κ3) is 7.13. The summed E-state index contributed by atoms with van der Waals surface area (Å²) in [4.78, 5) is 26.8. The molecule has 0 saturated carbocycles. The van der Waals surface area contributed by atoms with Gasteiger partial charge in [-0.25, -0.2) is 4.39 Å². The summed E-state index contributed by atoms with van der Waals surface area (Å²) in [5, 5.41) is -0.270. The summed E-state index contributed by atoms with van der Waals surface area (Å²) >= 11 is 6.90. The molecule has 0 bridgehead atoms. The van der Waals surface area contributed by atoms with Crippen molar-refractivity contribution in [1.82, 2.24) is 4.90 Å². The largest absolute Gasteiger partial charge is 0.493 e. The van der Waals surface area contributed by atoms with E-state index in [9.17, 15) is 14.0 Å². The van der Waals surface area contributed by atoms with E-state index in [4.69, 9.17) is 25.8 Å². The number of amides is 2. The quantitative estimate of drug-likeness (QED) is 0.197. The van der Waals surface area contributed by atoms with E-state index in [0.29, 0.717) is 35.8 Å². The van der Waals surface area contributed by atoms with Gasteiger partial charge in [-0.15, -0.1) is 0 Å². The fourth-order valence-corrected chi connectivity index (χ4v) is 4.93. The molecule has 1 heterocycles. The highest BCUT2D eigenvalue weighted by Crippen LogP contribution is 2.36. The Balaban J connectivity index is 1.36. The molecule has 0 aliphatic carbocycles. The van der Waals surface area contributed by atoms with Crippen LogP contribution in [0.25, 0.3) is 6.08 Å². The molecule has 1 aliphatic heterocycles. The van der Waals surface area contributed by atoms with Crippen LogP contribution in [0.4, 0.5) is 9.18 Å². The summed E-state index contributed by atoms with van der Waals surface area (Å²) in [6.45, 7) is 7.11. The van der Waals surface area contributed by atoms with E-state index in [1.54, 1.807) is 24.3 Å². The lowest BCUT2D eigenvalue weighted by Crippen LogP contribution is -2.27. The van der Waals surface area contributed by atoms with Crippen LogP contribution >= 0.6 is 23.4 Å². The van der Waals surface area contributed by atoms with Gasteiger partial charge in [0.15, 0.2) is 11.5 Å². The first kappa shape index (κ1) is 28.5. The molecule has 2 amide bonds. The summed E-state index contributed by atoms with van der Waals surface area (Å²) < 4.78 is 30.5. The minimum Gasteiger partial charge on any atom is -0.493 e. The Morgan fingerprint density at radius 1 is 0.949 bits per heavy atom. The van der Waals surface area contributed by atoms with E-state index in [0.717, 1.165) is 28.5 Å². The number of hydrogen-bond donors (Lipinski definition) is 0. The zero-order chi connectivity index (χ0) is 28.2. The Morgan fingerprint density at radius 2 is 1.67 bits per heavy atom. The Kier molecular flexibility index (Phi) is 8.87. The van der Waals surface area contributed by atoms with Crippen LogP contribution in [-0.4, -0.2) is 36.4 Å². The van der Waals surface area contributed by atoms with Gasteiger partial charge < -0.3 is 14.2 Å². The molecular formula is C30H29ClFNO5S. The molecule has 9 heteroatoms. The van der Waals surface area contributed by atoms with Gasteiger partial charge in [-0.3, -0.25) is 14.5 Å². The van der Waals surface area contributed by atoms with Gasteiger partial charge in [0.2, 0.25) is 0 Å². The van der Waals surface area contributed by atoms with Gasteiger partial charge in [-0.05, 0) is 76.3 Å². The number of carbonyl (C=O) groups excluding carboxylic acids is 2. The number of ether oxygens (including phenoxy) is 3. The lowest BCUT2D eigenvalue weighted by Gasteiger charge is -2.19. The number of methoxy groups -OCH3 is 1. The van der Waals surface area contributed by atoms with Gasteiger partial charge in [-0.2, -0.15) is 0 Å². The van der Waals surface area contributed by atoms with Crippen molar-refractivity contribution < 1.29 is 28.2 Å². The molecule has 0 aromatic heterocycles. The standard InChI is InChI=1S/C30H29ClFNO5S/c1-30(2,3)21-7-10-23(11-8-21)37-13-14-38-25-12-5-19(15-26(25)36-4)16-27-28(34)33(29(35)39-27)18-20-6-9-22(32)17-24(20)31/h5-12,15-17H,13-14,18H2,1-4H3/b27-16-. The lowest BCUT2D eigenvalue weighted by atomic mass is 9.87. The highest BCUT2D eigenvalue weighted by Gasteiger charge is 2.35. The van der Waals surface area contributed by atoms with Crippen LogP contribution in [0.2, 0.25) is 5.02 Å². The number of hydrogen-bond acceptors (Lipinski definition) is 6. The number of nitrogens with zero attached hydrogens (tertiary/aromatic N) is 1. The second-order valence-electron chi connectivity index (χ2n) is 9.89. The first-order valence-electron chi connectivity index (χ1n) is 12.3. The van der Waals surface area contributed by atoms with Crippen LogP contribution in [0, 0.1) is 5.82 Å². The van der Waals surface area contributed by atoms with Gasteiger partial charge in [0.1, 0.15) is 24.8 Å². The zero-order valence-electron chi connectivity index (χ0n) is 22.1. The second-order valence-corrected chi connectivity index (χ2v) is 11.3. The summed E-state index contributed by atoms with van der Waals surface area (Å²) in [6, 6.07) is 17.1. The monoisotopic (exact) mass is 569 g/mol. The molecule has 204 valence electrons. The zero-order valence-corrected chi connectivity index (χ0v) is 23.7. The molecule has 0 radical (unpaired) electrons. The van der Waals surface area contributed by atoms with E-state index < -0.39 is 17.0 Å². The molecule has 1 fully saturated rings. The van der Waals surface area contributed by atoms with Crippen molar-refractivity contribution in [2.75, 3.05) is 20.3 Å².